The number of aliphatic hydroxyl groups is 1. The molecule has 6 atom stereocenters. The van der Waals surface area contributed by atoms with Crippen molar-refractivity contribution in [2.24, 2.45) is 34.0 Å². The highest BCUT2D eigenvalue weighted by molar-refractivity contribution is 6.41. The Hall–Kier alpha value is -1.25. The fraction of sp³-hybridized carbons (Fsp3) is 0.810. The summed E-state index contributed by atoms with van der Waals surface area (Å²) in [7, 11) is 0. The number of carbonyl (C=O) groups is 1. The maximum absolute atomic E-state index is 12.7. The van der Waals surface area contributed by atoms with E-state index in [4.69, 9.17) is 0 Å². The first-order valence-electron chi connectivity index (χ1n) is 9.81. The largest absolute Gasteiger partial charge is 0.393 e. The summed E-state index contributed by atoms with van der Waals surface area (Å²) in [5.74, 6) is 1.59. The van der Waals surface area contributed by atoms with E-state index < -0.39 is 5.41 Å². The highest BCUT2D eigenvalue weighted by atomic mass is 16.3. The molecule has 4 aliphatic rings. The zero-order chi connectivity index (χ0) is 18.2. The van der Waals surface area contributed by atoms with Crippen LogP contribution in [0.15, 0.2) is 11.6 Å². The second kappa shape index (κ2) is 5.14. The van der Waals surface area contributed by atoms with Crippen molar-refractivity contribution in [1.29, 1.82) is 0 Å². The number of fused-ring (bicyclic) bond motifs is 5. The van der Waals surface area contributed by atoms with Gasteiger partial charge >= 0.3 is 5.71 Å². The summed E-state index contributed by atoms with van der Waals surface area (Å²) in [4.78, 5) is 16.1. The molecule has 0 saturated heterocycles. The number of ketones is 1. The molecule has 3 fully saturated rings. The molecule has 1 N–H and O–H groups in total. The van der Waals surface area contributed by atoms with Gasteiger partial charge in [0.1, 0.15) is 0 Å². The minimum atomic E-state index is -0.588. The van der Waals surface area contributed by atoms with E-state index in [0.717, 1.165) is 32.1 Å². The summed E-state index contributed by atoms with van der Waals surface area (Å²) in [6.45, 7) is 8.53. The Bertz CT molecular complexity index is 717. The quantitative estimate of drug-likeness (QED) is 0.413. The van der Waals surface area contributed by atoms with E-state index in [1.54, 1.807) is 0 Å². The van der Waals surface area contributed by atoms with Crippen LogP contribution in [-0.2, 0) is 4.79 Å². The Kier molecular flexibility index (Phi) is 3.53. The van der Waals surface area contributed by atoms with Gasteiger partial charge in [0.05, 0.1) is 17.9 Å². The lowest BCUT2D eigenvalue weighted by molar-refractivity contribution is -0.129. The first-order chi connectivity index (χ1) is 11.7. The van der Waals surface area contributed by atoms with Crippen LogP contribution in [-0.4, -0.2) is 27.5 Å². The van der Waals surface area contributed by atoms with E-state index in [1.807, 2.05) is 13.8 Å². The van der Waals surface area contributed by atoms with Gasteiger partial charge in [-0.3, -0.25) is 4.79 Å². The van der Waals surface area contributed by atoms with Crippen LogP contribution in [0, 0.1) is 34.0 Å². The predicted molar refractivity (Wildman–Crippen MR) is 95.9 cm³/mol. The lowest BCUT2D eigenvalue weighted by Gasteiger charge is -2.58. The van der Waals surface area contributed by atoms with Crippen molar-refractivity contribution in [1.82, 2.24) is 0 Å². The number of hydrogen-bond donors (Lipinski definition) is 1. The van der Waals surface area contributed by atoms with Crippen LogP contribution in [0.2, 0.25) is 0 Å². The van der Waals surface area contributed by atoms with Crippen molar-refractivity contribution in [3.05, 3.63) is 17.2 Å². The monoisotopic (exact) mass is 342 g/mol. The van der Waals surface area contributed by atoms with E-state index in [0.29, 0.717) is 29.9 Å². The van der Waals surface area contributed by atoms with E-state index in [2.05, 4.69) is 24.7 Å². The number of allylic oxidation sites excluding steroid dienone is 2. The summed E-state index contributed by atoms with van der Waals surface area (Å²) >= 11 is 0. The number of carbonyl (C=O) groups excluding carboxylic acids is 1. The van der Waals surface area contributed by atoms with Gasteiger partial charge in [-0.05, 0) is 69.1 Å². The topological polar surface area (TPSA) is 73.7 Å². The summed E-state index contributed by atoms with van der Waals surface area (Å²) < 4.78 is 0. The van der Waals surface area contributed by atoms with Crippen molar-refractivity contribution in [3.8, 4) is 0 Å². The summed E-state index contributed by atoms with van der Waals surface area (Å²) in [6.07, 6.45) is 7.90. The molecule has 0 unspecified atom stereocenters. The molecule has 4 nitrogen and oxygen atoms in total. The average molecular weight is 342 g/mol. The van der Waals surface area contributed by atoms with Gasteiger partial charge in [0.2, 0.25) is 5.78 Å². The van der Waals surface area contributed by atoms with Crippen LogP contribution in [0.1, 0.15) is 66.2 Å². The van der Waals surface area contributed by atoms with Gasteiger partial charge in [0, 0.05) is 5.41 Å². The first kappa shape index (κ1) is 17.2. The molecule has 0 spiro atoms. The smallest absolute Gasteiger partial charge is 0.336 e. The Morgan fingerprint density at radius 1 is 1.16 bits per heavy atom. The summed E-state index contributed by atoms with van der Waals surface area (Å²) in [5.41, 5.74) is 10.4. The molecule has 25 heavy (non-hydrogen) atoms. The van der Waals surface area contributed by atoms with Crippen molar-refractivity contribution < 1.29 is 14.7 Å². The minimum Gasteiger partial charge on any atom is -0.393 e. The summed E-state index contributed by atoms with van der Waals surface area (Å²) in [6, 6.07) is 0. The normalized spacial score (nSPS) is 48.1. The first-order valence-corrected chi connectivity index (χ1v) is 9.81. The van der Waals surface area contributed by atoms with Gasteiger partial charge in [-0.2, -0.15) is 4.79 Å². The number of nitrogens with zero attached hydrogens (tertiary/aromatic N) is 2. The number of hydrogen-bond acceptors (Lipinski definition) is 2. The molecule has 0 amide bonds. The SMILES string of the molecule is CC1(C)C(=O)C(=[N+]=[N-])C[C@@]2(C)C1=CC[C@H]1[C@@H]3CC[C@H](O)[C@@]3(C)CC[C@@H]12. The van der Waals surface area contributed by atoms with Crippen molar-refractivity contribution in [2.45, 2.75) is 72.3 Å². The third kappa shape index (κ3) is 2.01. The zero-order valence-electron chi connectivity index (χ0n) is 15.9. The maximum Gasteiger partial charge on any atom is 0.336 e. The molecule has 4 heteroatoms. The Morgan fingerprint density at radius 3 is 2.56 bits per heavy atom. The molecule has 0 aromatic carbocycles. The highest BCUT2D eigenvalue weighted by Crippen LogP contribution is 2.66. The van der Waals surface area contributed by atoms with E-state index >= 15 is 0 Å². The maximum atomic E-state index is 12.7. The Morgan fingerprint density at radius 2 is 1.88 bits per heavy atom. The molecule has 4 rings (SSSR count). The average Bonchev–Trinajstić information content (AvgIpc) is 2.86. The molecular weight excluding hydrogens is 312 g/mol. The van der Waals surface area contributed by atoms with Gasteiger partial charge in [0.25, 0.3) is 0 Å². The molecule has 0 aliphatic heterocycles. The number of Topliss-reactive ketones (excluding diaryl/α,β-unsaturated/α-hetero) is 1. The summed E-state index contributed by atoms with van der Waals surface area (Å²) in [5, 5.41) is 10.6. The molecular formula is C21H30N2O2. The second-order valence-electron chi connectivity index (χ2n) is 9.96. The van der Waals surface area contributed by atoms with Crippen LogP contribution >= 0.6 is 0 Å². The highest BCUT2D eigenvalue weighted by Gasteiger charge is 2.63. The van der Waals surface area contributed by atoms with Crippen LogP contribution in [0.5, 0.6) is 0 Å². The molecule has 0 radical (unpaired) electrons. The van der Waals surface area contributed by atoms with E-state index in [9.17, 15) is 15.4 Å². The lowest BCUT2D eigenvalue weighted by atomic mass is 9.45. The number of rotatable bonds is 0. The van der Waals surface area contributed by atoms with E-state index in [-0.39, 0.29) is 22.7 Å². The van der Waals surface area contributed by atoms with Crippen LogP contribution < -0.4 is 0 Å². The van der Waals surface area contributed by atoms with E-state index in [1.165, 1.54) is 5.57 Å². The van der Waals surface area contributed by atoms with Crippen molar-refractivity contribution in [2.75, 3.05) is 0 Å². The molecule has 136 valence electrons. The van der Waals surface area contributed by atoms with Crippen LogP contribution in [0.3, 0.4) is 0 Å². The predicted octanol–water partition coefficient (Wildman–Crippen LogP) is 3.80. The lowest BCUT2D eigenvalue weighted by Crippen LogP contribution is -2.56. The third-order valence-corrected chi connectivity index (χ3v) is 8.57. The second-order valence-corrected chi connectivity index (χ2v) is 9.96. The van der Waals surface area contributed by atoms with Gasteiger partial charge in [-0.15, -0.1) is 0 Å². The van der Waals surface area contributed by atoms with Gasteiger partial charge < -0.3 is 10.6 Å². The van der Waals surface area contributed by atoms with Crippen molar-refractivity contribution >= 4 is 11.5 Å². The minimum absolute atomic E-state index is 0.0332. The van der Waals surface area contributed by atoms with Crippen LogP contribution in [0.4, 0.5) is 0 Å². The molecule has 0 aromatic rings. The number of aliphatic hydroxyl groups excluding tert-OH is 1. The fourth-order valence-electron chi connectivity index (χ4n) is 7.25. The molecule has 3 saturated carbocycles. The molecule has 0 heterocycles. The molecule has 4 aliphatic carbocycles. The third-order valence-electron chi connectivity index (χ3n) is 8.57. The molecule has 0 bridgehead atoms. The van der Waals surface area contributed by atoms with Crippen molar-refractivity contribution in [3.63, 3.8) is 0 Å². The van der Waals surface area contributed by atoms with Gasteiger partial charge in [-0.25, -0.2) is 0 Å². The Labute approximate surface area is 150 Å². The zero-order valence-corrected chi connectivity index (χ0v) is 15.9. The fourth-order valence-corrected chi connectivity index (χ4v) is 7.25. The van der Waals surface area contributed by atoms with Gasteiger partial charge in [-0.1, -0.05) is 25.5 Å². The van der Waals surface area contributed by atoms with Crippen LogP contribution in [0.25, 0.3) is 5.53 Å². The standard InChI is InChI=1S/C21H30N2O2/c1-19(2)16-7-5-12-13-6-8-17(24)20(13,3)10-9-14(12)21(16,4)11-15(23-22)18(19)25/h7,12-14,17,24H,5-6,8-11H2,1-4H3/t12-,13-,14-,17-,20-,21+/m0/s1. The van der Waals surface area contributed by atoms with Gasteiger partial charge in [0.15, 0.2) is 0 Å². The molecule has 0 aromatic heterocycles. The Balaban J connectivity index is 1.80.